The maximum absolute atomic E-state index is 12.5. The number of carbonyl (C=O) groups excluding carboxylic acids is 1. The average Bonchev–Trinajstić information content (AvgIpc) is 2.68. The third kappa shape index (κ3) is 4.28. The van der Waals surface area contributed by atoms with Gasteiger partial charge in [-0.2, -0.15) is 0 Å². The number of nitrogens with zero attached hydrogens (tertiary/aromatic N) is 3. The number of pyridine rings is 1. The lowest BCUT2D eigenvalue weighted by atomic mass is 10.2. The lowest BCUT2D eigenvalue weighted by Gasteiger charge is -2.35. The molecule has 1 aliphatic heterocycles. The number of nitrogens with one attached hydrogen (secondary N) is 1. The van der Waals surface area contributed by atoms with E-state index >= 15 is 0 Å². The molecule has 2 aromatic rings. The van der Waals surface area contributed by atoms with Gasteiger partial charge in [-0.15, -0.1) is 0 Å². The van der Waals surface area contributed by atoms with Crippen molar-refractivity contribution in [1.82, 2.24) is 9.88 Å². The van der Waals surface area contributed by atoms with E-state index in [4.69, 9.17) is 4.74 Å². The number of anilines is 2. The lowest BCUT2D eigenvalue weighted by molar-refractivity contribution is 0.102. The normalized spacial score (nSPS) is 15.0. The number of amides is 1. The molecule has 0 bridgehead atoms. The van der Waals surface area contributed by atoms with Gasteiger partial charge >= 0.3 is 0 Å². The Kier molecular flexibility index (Phi) is 5.50. The van der Waals surface area contributed by atoms with Crippen LogP contribution in [-0.4, -0.2) is 55.6 Å². The first kappa shape index (κ1) is 17.2. The molecule has 1 amide bonds. The Labute approximate surface area is 148 Å². The zero-order chi connectivity index (χ0) is 17.6. The molecular formula is C19H24N4O2. The summed E-state index contributed by atoms with van der Waals surface area (Å²) in [4.78, 5) is 21.5. The second kappa shape index (κ2) is 7.98. The fourth-order valence-corrected chi connectivity index (χ4v) is 2.96. The predicted molar refractivity (Wildman–Crippen MR) is 99.5 cm³/mol. The molecule has 0 atom stereocenters. The van der Waals surface area contributed by atoms with Crippen LogP contribution in [0.3, 0.4) is 0 Å². The highest BCUT2D eigenvalue weighted by molar-refractivity contribution is 6.03. The maximum atomic E-state index is 12.5. The Morgan fingerprint density at radius 3 is 2.72 bits per heavy atom. The van der Waals surface area contributed by atoms with Gasteiger partial charge in [0, 0.05) is 49.8 Å². The molecular weight excluding hydrogens is 316 g/mol. The average molecular weight is 340 g/mol. The summed E-state index contributed by atoms with van der Waals surface area (Å²) in [5.41, 5.74) is 2.15. The van der Waals surface area contributed by atoms with Crippen LogP contribution in [0.1, 0.15) is 17.4 Å². The summed E-state index contributed by atoms with van der Waals surface area (Å²) in [6, 6.07) is 11.1. The number of benzene rings is 1. The fourth-order valence-electron chi connectivity index (χ4n) is 2.96. The summed E-state index contributed by atoms with van der Waals surface area (Å²) >= 11 is 0. The van der Waals surface area contributed by atoms with Crippen molar-refractivity contribution in [1.29, 1.82) is 0 Å². The van der Waals surface area contributed by atoms with Crippen LogP contribution >= 0.6 is 0 Å². The minimum atomic E-state index is -0.220. The standard InChI is InChI=1S/C19H24N4O2/c1-3-22-9-11-23(12-10-22)16-7-8-20-18(14-16)19(24)21-15-5-4-6-17(13-15)25-2/h4-8,13-14H,3,9-12H2,1-2H3,(H,21,24). The summed E-state index contributed by atoms with van der Waals surface area (Å²) in [5.74, 6) is 0.482. The molecule has 1 fully saturated rings. The second-order valence-corrected chi connectivity index (χ2v) is 6.01. The number of methoxy groups -OCH3 is 1. The van der Waals surface area contributed by atoms with E-state index in [1.807, 2.05) is 30.3 Å². The lowest BCUT2D eigenvalue weighted by Crippen LogP contribution is -2.46. The van der Waals surface area contributed by atoms with Crippen LogP contribution in [0, 0.1) is 0 Å². The SMILES string of the molecule is CCN1CCN(c2ccnc(C(=O)Nc3cccc(OC)c3)c2)CC1. The number of likely N-dealkylation sites (N-methyl/N-ethyl adjacent to an activating group) is 1. The smallest absolute Gasteiger partial charge is 0.274 e. The first-order valence-corrected chi connectivity index (χ1v) is 8.58. The van der Waals surface area contributed by atoms with Gasteiger partial charge < -0.3 is 19.9 Å². The zero-order valence-corrected chi connectivity index (χ0v) is 14.7. The van der Waals surface area contributed by atoms with E-state index in [2.05, 4.69) is 27.0 Å². The first-order valence-electron chi connectivity index (χ1n) is 8.58. The number of carbonyl (C=O) groups is 1. The summed E-state index contributed by atoms with van der Waals surface area (Å²) in [5, 5.41) is 2.87. The van der Waals surface area contributed by atoms with Crippen LogP contribution in [0.5, 0.6) is 5.75 Å². The molecule has 0 aliphatic carbocycles. The van der Waals surface area contributed by atoms with E-state index < -0.39 is 0 Å². The van der Waals surface area contributed by atoms with Gasteiger partial charge in [-0.25, -0.2) is 0 Å². The number of rotatable bonds is 5. The Bertz CT molecular complexity index is 727. The molecule has 1 saturated heterocycles. The van der Waals surface area contributed by atoms with Crippen LogP contribution in [0.2, 0.25) is 0 Å². The molecule has 2 heterocycles. The fraction of sp³-hybridized carbons (Fsp3) is 0.368. The van der Waals surface area contributed by atoms with Crippen molar-refractivity contribution in [3.63, 3.8) is 0 Å². The van der Waals surface area contributed by atoms with Crippen molar-refractivity contribution in [2.45, 2.75) is 6.92 Å². The second-order valence-electron chi connectivity index (χ2n) is 6.01. The monoisotopic (exact) mass is 340 g/mol. The molecule has 0 saturated carbocycles. The highest BCUT2D eigenvalue weighted by Crippen LogP contribution is 2.19. The van der Waals surface area contributed by atoms with E-state index in [1.54, 1.807) is 19.4 Å². The molecule has 1 aromatic heterocycles. The Balaban J connectivity index is 1.69. The van der Waals surface area contributed by atoms with E-state index in [0.29, 0.717) is 17.1 Å². The minimum absolute atomic E-state index is 0.220. The quantitative estimate of drug-likeness (QED) is 0.906. The van der Waals surface area contributed by atoms with Crippen molar-refractivity contribution in [3.05, 3.63) is 48.3 Å². The summed E-state index contributed by atoms with van der Waals surface area (Å²) < 4.78 is 5.18. The summed E-state index contributed by atoms with van der Waals surface area (Å²) in [7, 11) is 1.60. The Hall–Kier alpha value is -2.60. The van der Waals surface area contributed by atoms with Crippen LogP contribution < -0.4 is 15.0 Å². The summed E-state index contributed by atoms with van der Waals surface area (Å²) in [6.45, 7) is 7.29. The van der Waals surface area contributed by atoms with Crippen molar-refractivity contribution in [2.24, 2.45) is 0 Å². The highest BCUT2D eigenvalue weighted by Gasteiger charge is 2.17. The molecule has 0 radical (unpaired) electrons. The van der Waals surface area contributed by atoms with Crippen LogP contribution in [0.25, 0.3) is 0 Å². The molecule has 1 aliphatic rings. The molecule has 3 rings (SSSR count). The van der Waals surface area contributed by atoms with Gasteiger partial charge in [0.2, 0.25) is 0 Å². The third-order valence-electron chi connectivity index (χ3n) is 4.49. The van der Waals surface area contributed by atoms with Gasteiger partial charge in [0.05, 0.1) is 7.11 Å². The molecule has 132 valence electrons. The highest BCUT2D eigenvalue weighted by atomic mass is 16.5. The molecule has 6 nitrogen and oxygen atoms in total. The maximum Gasteiger partial charge on any atom is 0.274 e. The van der Waals surface area contributed by atoms with Crippen molar-refractivity contribution in [3.8, 4) is 5.75 Å². The van der Waals surface area contributed by atoms with E-state index in [-0.39, 0.29) is 5.91 Å². The van der Waals surface area contributed by atoms with Crippen LogP contribution in [-0.2, 0) is 0 Å². The third-order valence-corrected chi connectivity index (χ3v) is 4.49. The van der Waals surface area contributed by atoms with Crippen molar-refractivity contribution < 1.29 is 9.53 Å². The van der Waals surface area contributed by atoms with Gasteiger partial charge in [0.25, 0.3) is 5.91 Å². The Morgan fingerprint density at radius 2 is 2.00 bits per heavy atom. The number of piperazine rings is 1. The topological polar surface area (TPSA) is 57.7 Å². The molecule has 6 heteroatoms. The molecule has 1 N–H and O–H groups in total. The van der Waals surface area contributed by atoms with Gasteiger partial charge in [-0.3, -0.25) is 9.78 Å². The first-order chi connectivity index (χ1) is 12.2. The number of hydrogen-bond donors (Lipinski definition) is 1. The van der Waals surface area contributed by atoms with Gasteiger partial charge in [-0.05, 0) is 30.8 Å². The van der Waals surface area contributed by atoms with E-state index in [9.17, 15) is 4.79 Å². The van der Waals surface area contributed by atoms with Crippen LogP contribution in [0.4, 0.5) is 11.4 Å². The van der Waals surface area contributed by atoms with Gasteiger partial charge in [-0.1, -0.05) is 13.0 Å². The number of ether oxygens (including phenoxy) is 1. The van der Waals surface area contributed by atoms with Crippen LogP contribution in [0.15, 0.2) is 42.6 Å². The molecule has 1 aromatic carbocycles. The molecule has 25 heavy (non-hydrogen) atoms. The molecule has 0 unspecified atom stereocenters. The van der Waals surface area contributed by atoms with Gasteiger partial charge in [0.1, 0.15) is 11.4 Å². The van der Waals surface area contributed by atoms with E-state index in [1.165, 1.54) is 0 Å². The van der Waals surface area contributed by atoms with Crippen molar-refractivity contribution in [2.75, 3.05) is 50.1 Å². The van der Waals surface area contributed by atoms with E-state index in [0.717, 1.165) is 38.4 Å². The zero-order valence-electron chi connectivity index (χ0n) is 14.7. The largest absolute Gasteiger partial charge is 0.497 e. The number of aromatic nitrogens is 1. The molecule has 0 spiro atoms. The van der Waals surface area contributed by atoms with Crippen molar-refractivity contribution >= 4 is 17.3 Å². The Morgan fingerprint density at radius 1 is 1.20 bits per heavy atom. The summed E-state index contributed by atoms with van der Waals surface area (Å²) in [6.07, 6.45) is 1.70. The predicted octanol–water partition coefficient (Wildman–Crippen LogP) is 2.48. The minimum Gasteiger partial charge on any atom is -0.497 e. The van der Waals surface area contributed by atoms with Gasteiger partial charge in [0.15, 0.2) is 0 Å². The number of hydrogen-bond acceptors (Lipinski definition) is 5.